The molecule has 22 heavy (non-hydrogen) atoms. The van der Waals surface area contributed by atoms with Crippen molar-refractivity contribution in [2.75, 3.05) is 6.54 Å². The zero-order valence-corrected chi connectivity index (χ0v) is 13.3. The van der Waals surface area contributed by atoms with Crippen LogP contribution in [0.25, 0.3) is 0 Å². The number of carbonyl (C=O) groups excluding carboxylic acids is 1. The van der Waals surface area contributed by atoms with E-state index in [0.717, 1.165) is 43.1 Å². The van der Waals surface area contributed by atoms with Gasteiger partial charge in [-0.3, -0.25) is 9.48 Å². The van der Waals surface area contributed by atoms with E-state index in [0.29, 0.717) is 12.8 Å². The SMILES string of the molecule is Cc1cc(C)n(C[C@H]2CCCN2C(=O)CCc2ccco2)n1. The van der Waals surface area contributed by atoms with Gasteiger partial charge in [0, 0.05) is 25.1 Å². The van der Waals surface area contributed by atoms with Crippen LogP contribution in [-0.2, 0) is 17.8 Å². The maximum atomic E-state index is 12.5. The molecule has 5 heteroatoms. The van der Waals surface area contributed by atoms with E-state index in [1.807, 2.05) is 28.6 Å². The number of amides is 1. The molecular formula is C17H23N3O2. The van der Waals surface area contributed by atoms with Crippen molar-refractivity contribution in [3.05, 3.63) is 41.6 Å². The Labute approximate surface area is 130 Å². The van der Waals surface area contributed by atoms with E-state index in [-0.39, 0.29) is 11.9 Å². The molecule has 2 aromatic rings. The molecule has 0 aromatic carbocycles. The van der Waals surface area contributed by atoms with Gasteiger partial charge in [0.2, 0.25) is 5.91 Å². The normalized spacial score (nSPS) is 18.1. The van der Waals surface area contributed by atoms with Gasteiger partial charge in [0.25, 0.3) is 0 Å². The first kappa shape index (κ1) is 14.9. The number of nitrogens with zero attached hydrogens (tertiary/aromatic N) is 3. The van der Waals surface area contributed by atoms with Gasteiger partial charge in [-0.1, -0.05) is 0 Å². The molecule has 3 heterocycles. The van der Waals surface area contributed by atoms with Crippen molar-refractivity contribution < 1.29 is 9.21 Å². The predicted octanol–water partition coefficient (Wildman–Crippen LogP) is 2.72. The Kier molecular flexibility index (Phi) is 4.32. The Morgan fingerprint density at radius 2 is 2.32 bits per heavy atom. The average Bonchev–Trinajstić information content (AvgIpc) is 3.20. The molecule has 0 radical (unpaired) electrons. The van der Waals surface area contributed by atoms with Gasteiger partial charge < -0.3 is 9.32 Å². The summed E-state index contributed by atoms with van der Waals surface area (Å²) in [5.74, 6) is 1.10. The Morgan fingerprint density at radius 1 is 1.45 bits per heavy atom. The summed E-state index contributed by atoms with van der Waals surface area (Å²) >= 11 is 0. The highest BCUT2D eigenvalue weighted by Gasteiger charge is 2.29. The standard InChI is InChI=1S/C17H23N3O2/c1-13-11-14(2)20(18-13)12-15-5-3-9-19(15)17(21)8-7-16-6-4-10-22-16/h4,6,10-11,15H,3,5,7-9,12H2,1-2H3/t15-/m1/s1. The largest absolute Gasteiger partial charge is 0.469 e. The highest BCUT2D eigenvalue weighted by Crippen LogP contribution is 2.21. The lowest BCUT2D eigenvalue weighted by molar-refractivity contribution is -0.132. The minimum Gasteiger partial charge on any atom is -0.469 e. The summed E-state index contributed by atoms with van der Waals surface area (Å²) in [6.07, 6.45) is 4.98. The van der Waals surface area contributed by atoms with Gasteiger partial charge in [-0.15, -0.1) is 0 Å². The summed E-state index contributed by atoms with van der Waals surface area (Å²) in [4.78, 5) is 14.5. The monoisotopic (exact) mass is 301 g/mol. The summed E-state index contributed by atoms with van der Waals surface area (Å²) in [6, 6.07) is 6.13. The molecule has 1 aliphatic heterocycles. The van der Waals surface area contributed by atoms with Gasteiger partial charge in [-0.05, 0) is 44.9 Å². The number of aryl methyl sites for hydroxylation is 3. The van der Waals surface area contributed by atoms with Gasteiger partial charge in [-0.2, -0.15) is 5.10 Å². The highest BCUT2D eigenvalue weighted by molar-refractivity contribution is 5.77. The number of carbonyl (C=O) groups is 1. The van der Waals surface area contributed by atoms with Crippen LogP contribution in [0.1, 0.15) is 36.4 Å². The van der Waals surface area contributed by atoms with Crippen LogP contribution < -0.4 is 0 Å². The van der Waals surface area contributed by atoms with Gasteiger partial charge in [0.15, 0.2) is 0 Å². The minimum absolute atomic E-state index is 0.223. The molecule has 5 nitrogen and oxygen atoms in total. The number of hydrogen-bond donors (Lipinski definition) is 0. The lowest BCUT2D eigenvalue weighted by Crippen LogP contribution is -2.38. The highest BCUT2D eigenvalue weighted by atomic mass is 16.3. The van der Waals surface area contributed by atoms with E-state index in [4.69, 9.17) is 4.42 Å². The summed E-state index contributed by atoms with van der Waals surface area (Å²) in [5, 5.41) is 4.52. The number of aromatic nitrogens is 2. The fourth-order valence-electron chi connectivity index (χ4n) is 3.24. The van der Waals surface area contributed by atoms with Crippen molar-refractivity contribution in [1.82, 2.24) is 14.7 Å². The predicted molar refractivity (Wildman–Crippen MR) is 83.5 cm³/mol. The van der Waals surface area contributed by atoms with E-state index < -0.39 is 0 Å². The first-order valence-electron chi connectivity index (χ1n) is 7.96. The van der Waals surface area contributed by atoms with E-state index in [1.165, 1.54) is 0 Å². The maximum absolute atomic E-state index is 12.5. The van der Waals surface area contributed by atoms with Crippen LogP contribution in [-0.4, -0.2) is 33.2 Å². The molecule has 1 saturated heterocycles. The van der Waals surface area contributed by atoms with Crippen molar-refractivity contribution in [2.45, 2.75) is 52.1 Å². The van der Waals surface area contributed by atoms with E-state index in [2.05, 4.69) is 18.1 Å². The topological polar surface area (TPSA) is 51.3 Å². The third-order valence-electron chi connectivity index (χ3n) is 4.35. The molecule has 3 rings (SSSR count). The van der Waals surface area contributed by atoms with Crippen LogP contribution in [0.2, 0.25) is 0 Å². The molecule has 1 atom stereocenters. The van der Waals surface area contributed by atoms with Gasteiger partial charge in [-0.25, -0.2) is 0 Å². The second-order valence-electron chi connectivity index (χ2n) is 6.07. The first-order valence-corrected chi connectivity index (χ1v) is 7.96. The quantitative estimate of drug-likeness (QED) is 0.853. The number of rotatable bonds is 5. The van der Waals surface area contributed by atoms with Crippen LogP contribution in [0.15, 0.2) is 28.9 Å². The van der Waals surface area contributed by atoms with Crippen molar-refractivity contribution in [2.24, 2.45) is 0 Å². The summed E-state index contributed by atoms with van der Waals surface area (Å²) in [7, 11) is 0. The molecule has 118 valence electrons. The van der Waals surface area contributed by atoms with Crippen LogP contribution in [0.5, 0.6) is 0 Å². The van der Waals surface area contributed by atoms with Gasteiger partial charge >= 0.3 is 0 Å². The molecule has 0 aliphatic carbocycles. The molecule has 0 saturated carbocycles. The number of hydrogen-bond acceptors (Lipinski definition) is 3. The Hall–Kier alpha value is -2.04. The molecule has 1 fully saturated rings. The minimum atomic E-state index is 0.223. The first-order chi connectivity index (χ1) is 10.6. The van der Waals surface area contributed by atoms with Crippen LogP contribution in [0.4, 0.5) is 0 Å². The van der Waals surface area contributed by atoms with Gasteiger partial charge in [0.1, 0.15) is 5.76 Å². The Morgan fingerprint density at radius 3 is 3.00 bits per heavy atom. The number of furan rings is 1. The zero-order valence-electron chi connectivity index (χ0n) is 13.3. The summed E-state index contributed by atoms with van der Waals surface area (Å²) < 4.78 is 7.33. The molecule has 0 bridgehead atoms. The zero-order chi connectivity index (χ0) is 15.5. The average molecular weight is 301 g/mol. The third kappa shape index (κ3) is 3.24. The van der Waals surface area contributed by atoms with Crippen LogP contribution >= 0.6 is 0 Å². The van der Waals surface area contributed by atoms with Gasteiger partial charge in [0.05, 0.1) is 24.5 Å². The molecule has 1 amide bonds. The van der Waals surface area contributed by atoms with Crippen LogP contribution in [0, 0.1) is 13.8 Å². The molecule has 0 unspecified atom stereocenters. The molecule has 0 spiro atoms. The van der Waals surface area contributed by atoms with Crippen molar-refractivity contribution in [1.29, 1.82) is 0 Å². The molecule has 0 N–H and O–H groups in total. The number of likely N-dealkylation sites (tertiary alicyclic amines) is 1. The van der Waals surface area contributed by atoms with E-state index in [9.17, 15) is 4.79 Å². The second kappa shape index (κ2) is 6.38. The smallest absolute Gasteiger partial charge is 0.223 e. The van der Waals surface area contributed by atoms with Crippen LogP contribution in [0.3, 0.4) is 0 Å². The lowest BCUT2D eigenvalue weighted by Gasteiger charge is -2.25. The Balaban J connectivity index is 1.60. The molecular weight excluding hydrogens is 278 g/mol. The Bertz CT molecular complexity index is 630. The van der Waals surface area contributed by atoms with Crippen molar-refractivity contribution in [3.8, 4) is 0 Å². The summed E-state index contributed by atoms with van der Waals surface area (Å²) in [6.45, 7) is 5.73. The lowest BCUT2D eigenvalue weighted by atomic mass is 10.2. The molecule has 2 aromatic heterocycles. The third-order valence-corrected chi connectivity index (χ3v) is 4.35. The second-order valence-corrected chi connectivity index (χ2v) is 6.07. The van der Waals surface area contributed by atoms with Crippen molar-refractivity contribution >= 4 is 5.91 Å². The summed E-state index contributed by atoms with van der Waals surface area (Å²) in [5.41, 5.74) is 2.19. The van der Waals surface area contributed by atoms with E-state index in [1.54, 1.807) is 6.26 Å². The van der Waals surface area contributed by atoms with Crippen molar-refractivity contribution in [3.63, 3.8) is 0 Å². The van der Waals surface area contributed by atoms with E-state index >= 15 is 0 Å². The maximum Gasteiger partial charge on any atom is 0.223 e. The fourth-order valence-corrected chi connectivity index (χ4v) is 3.24. The fraction of sp³-hybridized carbons (Fsp3) is 0.529. The molecule has 1 aliphatic rings.